The van der Waals surface area contributed by atoms with Crippen molar-refractivity contribution in [2.45, 2.75) is 24.8 Å². The molecule has 2 aromatic rings. The third-order valence-corrected chi connectivity index (χ3v) is 7.27. The summed E-state index contributed by atoms with van der Waals surface area (Å²) in [6.07, 6.45) is 2.63. The summed E-state index contributed by atoms with van der Waals surface area (Å²) in [5.74, 6) is 0.833. The van der Waals surface area contributed by atoms with Gasteiger partial charge in [-0.1, -0.05) is 12.1 Å². The van der Waals surface area contributed by atoms with Gasteiger partial charge in [0.25, 0.3) is 10.1 Å². The number of aromatic nitrogens is 1. The fourth-order valence-electron chi connectivity index (χ4n) is 5.24. The van der Waals surface area contributed by atoms with Crippen LogP contribution < -0.4 is 0 Å². The van der Waals surface area contributed by atoms with Gasteiger partial charge in [-0.3, -0.25) is 4.55 Å². The van der Waals surface area contributed by atoms with Gasteiger partial charge in [-0.2, -0.15) is 8.42 Å². The van der Waals surface area contributed by atoms with E-state index in [0.29, 0.717) is 57.0 Å². The maximum Gasteiger partial charge on any atom is 0.409 e. The summed E-state index contributed by atoms with van der Waals surface area (Å²) in [5.41, 5.74) is 4.04. The lowest BCUT2D eigenvalue weighted by molar-refractivity contribution is 0.0132. The first kappa shape index (κ1) is 24.5. The van der Waals surface area contributed by atoms with Crippen LogP contribution >= 0.6 is 15.9 Å². The monoisotopic (exact) mass is 543 g/mol. The molecule has 182 valence electrons. The average molecular weight is 544 g/mol. The lowest BCUT2D eigenvalue weighted by atomic mass is 9.72. The van der Waals surface area contributed by atoms with E-state index in [1.54, 1.807) is 4.90 Å². The zero-order chi connectivity index (χ0) is 23.8. The molecule has 11 heteroatoms. The quantitative estimate of drug-likeness (QED) is 0.560. The first-order valence-electron chi connectivity index (χ1n) is 11.0. The van der Waals surface area contributed by atoms with Crippen LogP contribution in [0.25, 0.3) is 10.9 Å². The molecule has 1 aromatic carbocycles. The molecular formula is C22H30BrN3O6S. The number of piperidine rings is 1. The summed E-state index contributed by atoms with van der Waals surface area (Å²) in [5, 5.41) is 1.38. The number of halogens is 1. The zero-order valence-corrected chi connectivity index (χ0v) is 21.2. The number of likely N-dealkylation sites (N-methyl/N-ethyl adjacent to an activating group) is 1. The van der Waals surface area contributed by atoms with E-state index in [2.05, 4.69) is 51.1 Å². The number of hydrogen-bond acceptors (Lipinski definition) is 6. The van der Waals surface area contributed by atoms with E-state index >= 15 is 0 Å². The zero-order valence-electron chi connectivity index (χ0n) is 18.8. The van der Waals surface area contributed by atoms with E-state index in [1.165, 1.54) is 22.0 Å². The summed E-state index contributed by atoms with van der Waals surface area (Å²) in [4.78, 5) is 20.0. The summed E-state index contributed by atoms with van der Waals surface area (Å²) in [6.45, 7) is 3.91. The van der Waals surface area contributed by atoms with Gasteiger partial charge >= 0.3 is 6.09 Å². The van der Waals surface area contributed by atoms with Crippen molar-refractivity contribution in [2.75, 3.05) is 52.8 Å². The van der Waals surface area contributed by atoms with Crippen molar-refractivity contribution in [1.82, 2.24) is 14.8 Å². The molecule has 1 aromatic heterocycles. The van der Waals surface area contributed by atoms with Gasteiger partial charge in [0.05, 0.1) is 30.7 Å². The second kappa shape index (κ2) is 9.91. The summed E-state index contributed by atoms with van der Waals surface area (Å²) in [6, 6.07) is 7.08. The van der Waals surface area contributed by atoms with Crippen molar-refractivity contribution in [3.63, 3.8) is 0 Å². The summed E-state index contributed by atoms with van der Waals surface area (Å²) < 4.78 is 38.0. The van der Waals surface area contributed by atoms with E-state index in [-0.39, 0.29) is 6.09 Å². The fourth-order valence-corrected chi connectivity index (χ4v) is 5.82. The summed E-state index contributed by atoms with van der Waals surface area (Å²) >= 11 is 3.72. The molecule has 1 aliphatic carbocycles. The fraction of sp³-hybridized carbons (Fsp3) is 0.591. The molecule has 3 aliphatic rings. The van der Waals surface area contributed by atoms with Crippen LogP contribution in [-0.4, -0.2) is 92.6 Å². The number of amides is 1. The molecule has 33 heavy (non-hydrogen) atoms. The van der Waals surface area contributed by atoms with Crippen molar-refractivity contribution in [2.24, 2.45) is 5.92 Å². The molecular weight excluding hydrogens is 514 g/mol. The molecule has 3 heterocycles. The van der Waals surface area contributed by atoms with Crippen LogP contribution in [0.3, 0.4) is 0 Å². The van der Waals surface area contributed by atoms with Gasteiger partial charge in [0, 0.05) is 48.4 Å². The van der Waals surface area contributed by atoms with Gasteiger partial charge in [-0.15, -0.1) is 0 Å². The summed E-state index contributed by atoms with van der Waals surface area (Å²) in [7, 11) is -1.46. The normalized spacial score (nSPS) is 25.2. The van der Waals surface area contributed by atoms with E-state index in [4.69, 9.17) is 14.0 Å². The number of fused-ring (bicyclic) bond motifs is 2. The van der Waals surface area contributed by atoms with Gasteiger partial charge in [0.1, 0.15) is 0 Å². The van der Waals surface area contributed by atoms with Crippen LogP contribution in [0.5, 0.6) is 0 Å². The molecule has 1 unspecified atom stereocenters. The first-order valence-corrected chi connectivity index (χ1v) is 13.7. The Hall–Kier alpha value is -1.66. The molecule has 0 radical (unpaired) electrons. The van der Waals surface area contributed by atoms with Crippen LogP contribution in [0, 0.1) is 5.92 Å². The first-order chi connectivity index (χ1) is 15.6. The molecule has 2 saturated heterocycles. The SMILES string of the molecule is CN1C[C@H](COC(=O)N2CCOCC2)CC2c3cccc4[nH]c(Br)c(c34)C[C@H]21.CS(=O)(=O)O. The Morgan fingerprint density at radius 2 is 2.03 bits per heavy atom. The third-order valence-electron chi connectivity index (χ3n) is 6.60. The lowest BCUT2D eigenvalue weighted by Gasteiger charge is -2.45. The molecule has 0 saturated carbocycles. The van der Waals surface area contributed by atoms with Gasteiger partial charge in [0.2, 0.25) is 0 Å². The molecule has 2 fully saturated rings. The highest BCUT2D eigenvalue weighted by Crippen LogP contribution is 2.46. The highest BCUT2D eigenvalue weighted by atomic mass is 79.9. The lowest BCUT2D eigenvalue weighted by Crippen LogP contribution is -2.49. The van der Waals surface area contributed by atoms with Gasteiger partial charge in [-0.05, 0) is 53.0 Å². The number of benzene rings is 1. The van der Waals surface area contributed by atoms with Crippen LogP contribution in [0.1, 0.15) is 23.5 Å². The molecule has 3 atom stereocenters. The van der Waals surface area contributed by atoms with Crippen LogP contribution in [0.2, 0.25) is 0 Å². The maximum atomic E-state index is 12.4. The molecule has 1 amide bonds. The molecule has 0 spiro atoms. The number of morpholine rings is 1. The predicted octanol–water partition coefficient (Wildman–Crippen LogP) is 2.86. The van der Waals surface area contributed by atoms with Crippen LogP contribution in [0.15, 0.2) is 22.8 Å². The second-order valence-electron chi connectivity index (χ2n) is 9.02. The Kier molecular flexibility index (Phi) is 7.35. The molecule has 9 nitrogen and oxygen atoms in total. The molecule has 2 N–H and O–H groups in total. The predicted molar refractivity (Wildman–Crippen MR) is 128 cm³/mol. The topological polar surface area (TPSA) is 112 Å². The maximum absolute atomic E-state index is 12.4. The van der Waals surface area contributed by atoms with Gasteiger partial charge in [-0.25, -0.2) is 4.79 Å². The van der Waals surface area contributed by atoms with Gasteiger partial charge < -0.3 is 24.3 Å². The minimum absolute atomic E-state index is 0.198. The largest absolute Gasteiger partial charge is 0.449 e. The minimum atomic E-state index is -3.67. The van der Waals surface area contributed by atoms with E-state index < -0.39 is 10.1 Å². The van der Waals surface area contributed by atoms with Crippen molar-refractivity contribution in [1.29, 1.82) is 0 Å². The number of likely N-dealkylation sites (tertiary alicyclic amines) is 1. The van der Waals surface area contributed by atoms with Gasteiger partial charge in [0.15, 0.2) is 0 Å². The highest BCUT2D eigenvalue weighted by Gasteiger charge is 2.40. The number of aromatic amines is 1. The Bertz CT molecular complexity index is 1110. The van der Waals surface area contributed by atoms with E-state index in [1.807, 2.05) is 0 Å². The number of carbonyl (C=O) groups excluding carboxylic acids is 1. The van der Waals surface area contributed by atoms with Crippen LogP contribution in [0.4, 0.5) is 4.79 Å². The standard InChI is InChI=1S/C21H26BrN3O3.CH4O3S/c1-24-11-13(12-28-21(26)25-5-7-27-8-6-25)9-15-14-3-2-4-17-19(14)16(10-18(15)24)20(22)23-17;1-5(2,3)4/h2-4,13,15,18,23H,5-12H2,1H3;1H3,(H,2,3,4)/t13-,15?,18-;/m1./s1. The Balaban J connectivity index is 0.000000471. The van der Waals surface area contributed by atoms with Crippen molar-refractivity contribution in [3.05, 3.63) is 33.9 Å². The minimum Gasteiger partial charge on any atom is -0.449 e. The Morgan fingerprint density at radius 1 is 1.33 bits per heavy atom. The Morgan fingerprint density at radius 3 is 2.73 bits per heavy atom. The number of nitrogens with one attached hydrogen (secondary N) is 1. The second-order valence-corrected chi connectivity index (χ2v) is 11.3. The molecule has 2 aliphatic heterocycles. The number of ether oxygens (including phenoxy) is 2. The van der Waals surface area contributed by atoms with Crippen molar-refractivity contribution >= 4 is 43.0 Å². The third kappa shape index (κ3) is 5.71. The highest BCUT2D eigenvalue weighted by molar-refractivity contribution is 9.10. The molecule has 5 rings (SSSR count). The smallest absolute Gasteiger partial charge is 0.409 e. The van der Waals surface area contributed by atoms with E-state index in [9.17, 15) is 13.2 Å². The number of carbonyl (C=O) groups is 1. The van der Waals surface area contributed by atoms with Crippen molar-refractivity contribution < 1.29 is 27.2 Å². The van der Waals surface area contributed by atoms with E-state index in [0.717, 1.165) is 24.0 Å². The number of nitrogens with zero attached hydrogens (tertiary/aromatic N) is 2. The molecule has 0 bridgehead atoms. The Labute approximate surface area is 202 Å². The number of H-pyrrole nitrogens is 1. The average Bonchev–Trinajstić information content (AvgIpc) is 3.08. The number of rotatable bonds is 2. The van der Waals surface area contributed by atoms with Crippen molar-refractivity contribution in [3.8, 4) is 0 Å². The van der Waals surface area contributed by atoms with Crippen LogP contribution in [-0.2, 0) is 26.0 Å². The number of hydrogen-bond donors (Lipinski definition) is 2.